The molecule has 4 nitrogen and oxygen atoms in total. The third kappa shape index (κ3) is 3.19. The van der Waals surface area contributed by atoms with Gasteiger partial charge in [0.2, 0.25) is 0 Å². The Kier molecular flexibility index (Phi) is 4.42. The number of hydrogen-bond acceptors (Lipinski definition) is 4. The Hall–Kier alpha value is -0.160. The summed E-state index contributed by atoms with van der Waals surface area (Å²) in [6.45, 7) is 3.03. The highest BCUT2D eigenvalue weighted by molar-refractivity contribution is 5.02. The fraction of sp³-hybridized carbons (Fsp3) is 1.00. The van der Waals surface area contributed by atoms with Crippen LogP contribution in [0.25, 0.3) is 0 Å². The van der Waals surface area contributed by atoms with Crippen LogP contribution in [-0.4, -0.2) is 62.0 Å². The topological polar surface area (TPSA) is 44.7 Å². The largest absolute Gasteiger partial charge is 0.394 e. The summed E-state index contributed by atoms with van der Waals surface area (Å²) in [6, 6.07) is 0. The maximum Gasteiger partial charge on any atom is 0.0702 e. The molecule has 1 heterocycles. The van der Waals surface area contributed by atoms with Crippen LogP contribution in [0.5, 0.6) is 0 Å². The predicted molar refractivity (Wildman–Crippen MR) is 68.1 cm³/mol. The minimum Gasteiger partial charge on any atom is -0.394 e. The molecule has 0 radical (unpaired) electrons. The summed E-state index contributed by atoms with van der Waals surface area (Å²) >= 11 is 0. The van der Waals surface area contributed by atoms with Crippen molar-refractivity contribution >= 4 is 0 Å². The normalized spacial score (nSPS) is 28.6. The van der Waals surface area contributed by atoms with Gasteiger partial charge < -0.3 is 20.1 Å². The molecule has 0 bridgehead atoms. The van der Waals surface area contributed by atoms with Crippen molar-refractivity contribution < 1.29 is 9.84 Å². The molecule has 2 rings (SSSR count). The van der Waals surface area contributed by atoms with E-state index in [1.54, 1.807) is 0 Å². The van der Waals surface area contributed by atoms with E-state index in [0.29, 0.717) is 12.0 Å². The van der Waals surface area contributed by atoms with Gasteiger partial charge in [0.1, 0.15) is 0 Å². The summed E-state index contributed by atoms with van der Waals surface area (Å²) in [5.41, 5.74) is -0.104. The Morgan fingerprint density at radius 3 is 2.65 bits per heavy atom. The Balaban J connectivity index is 1.83. The molecule has 2 N–H and O–H groups in total. The number of nitrogens with one attached hydrogen (secondary N) is 1. The van der Waals surface area contributed by atoms with Crippen molar-refractivity contribution in [2.45, 2.75) is 37.3 Å². The Labute approximate surface area is 104 Å². The van der Waals surface area contributed by atoms with Crippen LogP contribution in [0.1, 0.15) is 25.7 Å². The molecule has 100 valence electrons. The third-order valence-corrected chi connectivity index (χ3v) is 4.23. The number of nitrogens with zero attached hydrogens (tertiary/aromatic N) is 1. The summed E-state index contributed by atoms with van der Waals surface area (Å²) < 4.78 is 5.66. The minimum atomic E-state index is -0.104. The van der Waals surface area contributed by atoms with E-state index in [0.717, 1.165) is 19.7 Å². The molecular formula is C13H26N2O2. The van der Waals surface area contributed by atoms with E-state index >= 15 is 0 Å². The van der Waals surface area contributed by atoms with Gasteiger partial charge in [0.15, 0.2) is 0 Å². The van der Waals surface area contributed by atoms with Crippen molar-refractivity contribution in [1.29, 1.82) is 0 Å². The lowest BCUT2D eigenvalue weighted by molar-refractivity contribution is 0.0556. The molecule has 1 saturated carbocycles. The zero-order valence-corrected chi connectivity index (χ0v) is 11.1. The molecule has 0 aromatic carbocycles. The second-order valence-electron chi connectivity index (χ2n) is 5.67. The first kappa shape index (κ1) is 13.3. The summed E-state index contributed by atoms with van der Waals surface area (Å²) in [6.07, 6.45) is 5.26. The lowest BCUT2D eigenvalue weighted by Gasteiger charge is -2.36. The van der Waals surface area contributed by atoms with Gasteiger partial charge in [0.05, 0.1) is 18.2 Å². The quantitative estimate of drug-likeness (QED) is 0.681. The van der Waals surface area contributed by atoms with Crippen LogP contribution in [0, 0.1) is 5.92 Å². The summed E-state index contributed by atoms with van der Waals surface area (Å²) in [4.78, 5) is 2.31. The average Bonchev–Trinajstić information content (AvgIpc) is 3.07. The van der Waals surface area contributed by atoms with Crippen molar-refractivity contribution in [2.75, 3.05) is 40.4 Å². The van der Waals surface area contributed by atoms with Gasteiger partial charge in [-0.1, -0.05) is 0 Å². The molecule has 1 aliphatic heterocycles. The van der Waals surface area contributed by atoms with Gasteiger partial charge in [0.25, 0.3) is 0 Å². The van der Waals surface area contributed by atoms with Gasteiger partial charge >= 0.3 is 0 Å². The molecule has 17 heavy (non-hydrogen) atoms. The number of aliphatic hydroxyl groups is 1. The van der Waals surface area contributed by atoms with Crippen LogP contribution in [0.3, 0.4) is 0 Å². The molecule has 4 heteroatoms. The van der Waals surface area contributed by atoms with E-state index < -0.39 is 0 Å². The van der Waals surface area contributed by atoms with Crippen molar-refractivity contribution in [2.24, 2.45) is 5.92 Å². The fourth-order valence-electron chi connectivity index (χ4n) is 2.99. The molecule has 2 aliphatic rings. The zero-order valence-electron chi connectivity index (χ0n) is 11.1. The molecule has 0 aromatic rings. The minimum absolute atomic E-state index is 0.104. The van der Waals surface area contributed by atoms with Crippen LogP contribution in [0.15, 0.2) is 0 Å². The number of ether oxygens (including phenoxy) is 1. The highest BCUT2D eigenvalue weighted by atomic mass is 16.5. The van der Waals surface area contributed by atoms with Crippen LogP contribution in [-0.2, 0) is 4.74 Å². The first-order valence-corrected chi connectivity index (χ1v) is 6.80. The van der Waals surface area contributed by atoms with E-state index in [2.05, 4.69) is 17.3 Å². The standard InChI is InChI=1S/C13H26N2O2/c1-14-13(10-16,11-5-6-11)9-15(2)8-12-4-3-7-17-12/h11-12,14,16H,3-10H2,1-2H3. The molecule has 2 unspecified atom stereocenters. The number of hydrogen-bond donors (Lipinski definition) is 2. The lowest BCUT2D eigenvalue weighted by Crippen LogP contribution is -2.56. The SMILES string of the molecule is CNC(CO)(CN(C)CC1CCCO1)C1CC1. The fourth-order valence-corrected chi connectivity index (χ4v) is 2.99. The number of likely N-dealkylation sites (N-methyl/N-ethyl adjacent to an activating group) is 2. The van der Waals surface area contributed by atoms with Crippen molar-refractivity contribution in [1.82, 2.24) is 10.2 Å². The maximum atomic E-state index is 9.68. The maximum absolute atomic E-state index is 9.68. The van der Waals surface area contributed by atoms with Gasteiger partial charge in [-0.25, -0.2) is 0 Å². The molecule has 0 aromatic heterocycles. The van der Waals surface area contributed by atoms with Gasteiger partial charge in [-0.3, -0.25) is 0 Å². The smallest absolute Gasteiger partial charge is 0.0702 e. The Morgan fingerprint density at radius 2 is 2.18 bits per heavy atom. The average molecular weight is 242 g/mol. The predicted octanol–water partition coefficient (Wildman–Crippen LogP) is 0.458. The van der Waals surface area contributed by atoms with E-state index in [9.17, 15) is 5.11 Å². The molecule has 0 spiro atoms. The molecule has 1 saturated heterocycles. The third-order valence-electron chi connectivity index (χ3n) is 4.23. The van der Waals surface area contributed by atoms with E-state index in [-0.39, 0.29) is 12.1 Å². The van der Waals surface area contributed by atoms with Crippen molar-refractivity contribution in [3.8, 4) is 0 Å². The van der Waals surface area contributed by atoms with Gasteiger partial charge in [-0.2, -0.15) is 0 Å². The van der Waals surface area contributed by atoms with Gasteiger partial charge in [-0.05, 0) is 45.7 Å². The van der Waals surface area contributed by atoms with Crippen molar-refractivity contribution in [3.05, 3.63) is 0 Å². The van der Waals surface area contributed by atoms with E-state index in [1.807, 2.05) is 7.05 Å². The number of rotatable bonds is 7. The first-order valence-electron chi connectivity index (χ1n) is 6.80. The Bertz CT molecular complexity index is 234. The number of aliphatic hydroxyl groups excluding tert-OH is 1. The second-order valence-corrected chi connectivity index (χ2v) is 5.67. The lowest BCUT2D eigenvalue weighted by atomic mass is 9.93. The van der Waals surface area contributed by atoms with E-state index in [4.69, 9.17) is 4.74 Å². The highest BCUT2D eigenvalue weighted by Crippen LogP contribution is 2.39. The molecular weight excluding hydrogens is 216 g/mol. The summed E-state index contributed by atoms with van der Waals surface area (Å²) in [5.74, 6) is 0.643. The molecule has 1 aliphatic carbocycles. The van der Waals surface area contributed by atoms with Crippen LogP contribution in [0.2, 0.25) is 0 Å². The molecule has 0 amide bonds. The zero-order chi connectivity index (χ0) is 12.3. The monoisotopic (exact) mass is 242 g/mol. The first-order chi connectivity index (χ1) is 8.20. The van der Waals surface area contributed by atoms with Crippen LogP contribution < -0.4 is 5.32 Å². The summed E-state index contributed by atoms with van der Waals surface area (Å²) in [5, 5.41) is 13.0. The van der Waals surface area contributed by atoms with E-state index in [1.165, 1.54) is 25.7 Å². The molecule has 2 atom stereocenters. The van der Waals surface area contributed by atoms with Crippen molar-refractivity contribution in [3.63, 3.8) is 0 Å². The van der Waals surface area contributed by atoms with Gasteiger partial charge in [-0.15, -0.1) is 0 Å². The highest BCUT2D eigenvalue weighted by Gasteiger charge is 2.44. The second kappa shape index (κ2) is 5.65. The van der Waals surface area contributed by atoms with Gasteiger partial charge in [0, 0.05) is 19.7 Å². The van der Waals surface area contributed by atoms with Crippen LogP contribution >= 0.6 is 0 Å². The molecule has 2 fully saturated rings. The summed E-state index contributed by atoms with van der Waals surface area (Å²) in [7, 11) is 4.10. The Morgan fingerprint density at radius 1 is 1.41 bits per heavy atom. The van der Waals surface area contributed by atoms with Crippen LogP contribution in [0.4, 0.5) is 0 Å².